The lowest BCUT2D eigenvalue weighted by Gasteiger charge is -2.36. The molecule has 33 heavy (non-hydrogen) atoms. The van der Waals surface area contributed by atoms with Crippen molar-refractivity contribution in [3.63, 3.8) is 0 Å². The summed E-state index contributed by atoms with van der Waals surface area (Å²) in [5.41, 5.74) is 0.962. The van der Waals surface area contributed by atoms with Crippen molar-refractivity contribution >= 4 is 35.8 Å². The maximum atomic E-state index is 13.0. The number of aliphatic imine (C=N–C) groups is 1. The molecule has 0 radical (unpaired) electrons. The van der Waals surface area contributed by atoms with E-state index in [0.29, 0.717) is 50.1 Å². The molecule has 0 bridgehead atoms. The van der Waals surface area contributed by atoms with Crippen LogP contribution in [-0.2, 0) is 6.54 Å². The summed E-state index contributed by atoms with van der Waals surface area (Å²) in [5.74, 6) is 1.68. The summed E-state index contributed by atoms with van der Waals surface area (Å²) in [6.45, 7) is 3.08. The highest BCUT2D eigenvalue weighted by molar-refractivity contribution is 14.0. The van der Waals surface area contributed by atoms with Crippen LogP contribution in [0, 0.1) is 5.82 Å². The first-order valence-electron chi connectivity index (χ1n) is 10.3. The van der Waals surface area contributed by atoms with Crippen LogP contribution >= 0.6 is 24.0 Å². The van der Waals surface area contributed by atoms with Crippen molar-refractivity contribution in [2.45, 2.75) is 6.54 Å². The van der Waals surface area contributed by atoms with Crippen molar-refractivity contribution in [2.24, 2.45) is 4.99 Å². The molecule has 1 aromatic carbocycles. The molecule has 0 aliphatic carbocycles. The Bertz CT molecular complexity index is 1050. The van der Waals surface area contributed by atoms with Crippen molar-refractivity contribution in [1.82, 2.24) is 20.1 Å². The molecule has 0 saturated carbocycles. The summed E-state index contributed by atoms with van der Waals surface area (Å²) in [7, 11) is 1.74. The molecule has 0 unspecified atom stereocenters. The van der Waals surface area contributed by atoms with Crippen LogP contribution in [-0.4, -0.2) is 59.9 Å². The average molecular weight is 565 g/mol. The normalized spacial score (nSPS) is 13.9. The first kappa shape index (κ1) is 24.5. The number of piperazine rings is 1. The van der Waals surface area contributed by atoms with Gasteiger partial charge in [0.2, 0.25) is 5.88 Å². The summed E-state index contributed by atoms with van der Waals surface area (Å²) in [5, 5.41) is 3.33. The molecule has 1 fully saturated rings. The van der Waals surface area contributed by atoms with Crippen molar-refractivity contribution in [2.75, 3.05) is 33.2 Å². The number of guanidine groups is 1. The molecule has 10 heteroatoms. The van der Waals surface area contributed by atoms with Gasteiger partial charge in [0.05, 0.1) is 6.26 Å². The molecule has 8 nitrogen and oxygen atoms in total. The monoisotopic (exact) mass is 565 g/mol. The van der Waals surface area contributed by atoms with Crippen LogP contribution in [0.5, 0.6) is 11.6 Å². The van der Waals surface area contributed by atoms with E-state index in [0.717, 1.165) is 11.5 Å². The maximum Gasteiger partial charge on any atom is 0.289 e. The van der Waals surface area contributed by atoms with Gasteiger partial charge in [-0.2, -0.15) is 0 Å². The van der Waals surface area contributed by atoms with E-state index in [1.165, 1.54) is 18.4 Å². The number of nitrogens with zero attached hydrogens (tertiary/aromatic N) is 4. The Kier molecular flexibility index (Phi) is 8.64. The van der Waals surface area contributed by atoms with Gasteiger partial charge in [-0.25, -0.2) is 9.37 Å². The van der Waals surface area contributed by atoms with Gasteiger partial charge in [-0.1, -0.05) is 6.07 Å². The number of benzene rings is 1. The fraction of sp³-hybridized carbons (Fsp3) is 0.261. The number of carbonyl (C=O) groups is 1. The van der Waals surface area contributed by atoms with Gasteiger partial charge in [-0.3, -0.25) is 9.79 Å². The molecule has 0 atom stereocenters. The maximum absolute atomic E-state index is 13.0. The molecule has 1 amide bonds. The smallest absolute Gasteiger partial charge is 0.289 e. The van der Waals surface area contributed by atoms with Gasteiger partial charge in [0.25, 0.3) is 5.91 Å². The van der Waals surface area contributed by atoms with E-state index in [1.54, 1.807) is 48.5 Å². The lowest BCUT2D eigenvalue weighted by molar-refractivity contribution is 0.0657. The summed E-state index contributed by atoms with van der Waals surface area (Å²) in [6.07, 6.45) is 3.23. The molecular weight excluding hydrogens is 540 g/mol. The molecule has 1 N–H and O–H groups in total. The van der Waals surface area contributed by atoms with Crippen molar-refractivity contribution in [1.29, 1.82) is 0 Å². The van der Waals surface area contributed by atoms with E-state index >= 15 is 0 Å². The van der Waals surface area contributed by atoms with Gasteiger partial charge in [-0.15, -0.1) is 24.0 Å². The Morgan fingerprint density at radius 3 is 2.45 bits per heavy atom. The first-order chi connectivity index (χ1) is 15.6. The van der Waals surface area contributed by atoms with Crippen molar-refractivity contribution in [3.05, 3.63) is 78.1 Å². The molecule has 174 valence electrons. The van der Waals surface area contributed by atoms with E-state index in [4.69, 9.17) is 9.15 Å². The number of aromatic nitrogens is 1. The van der Waals surface area contributed by atoms with E-state index in [1.807, 2.05) is 6.07 Å². The van der Waals surface area contributed by atoms with Crippen molar-refractivity contribution < 1.29 is 18.3 Å². The van der Waals surface area contributed by atoms with E-state index in [9.17, 15) is 9.18 Å². The Balaban J connectivity index is 0.00000306. The average Bonchev–Trinajstić information content (AvgIpc) is 3.37. The van der Waals surface area contributed by atoms with Crippen LogP contribution in [0.15, 0.2) is 70.4 Å². The second kappa shape index (κ2) is 11.6. The molecule has 1 aliphatic rings. The largest absolute Gasteiger partial charge is 0.459 e. The van der Waals surface area contributed by atoms with Gasteiger partial charge in [0.15, 0.2) is 11.7 Å². The van der Waals surface area contributed by atoms with E-state index < -0.39 is 0 Å². The third-order valence-electron chi connectivity index (χ3n) is 5.09. The number of carbonyl (C=O) groups excluding carboxylic acids is 1. The van der Waals surface area contributed by atoms with Gasteiger partial charge >= 0.3 is 0 Å². The number of hydrogen-bond donors (Lipinski definition) is 1. The minimum absolute atomic E-state index is 0. The van der Waals surface area contributed by atoms with Crippen LogP contribution in [0.1, 0.15) is 16.1 Å². The van der Waals surface area contributed by atoms with Crippen LogP contribution < -0.4 is 10.1 Å². The topological polar surface area (TPSA) is 83.2 Å². The van der Waals surface area contributed by atoms with Crippen LogP contribution in [0.3, 0.4) is 0 Å². The molecule has 3 aromatic rings. The number of rotatable bonds is 5. The SMILES string of the molecule is CN=C(NCc1ccc(Oc2ccc(F)cc2)nc1)N1CCN(C(=O)c2ccco2)CC1.I. The minimum atomic E-state index is -0.314. The predicted molar refractivity (Wildman–Crippen MR) is 133 cm³/mol. The standard InChI is InChI=1S/C23H24FN5O3.HI/c1-25-23(29-12-10-28(11-13-29)22(30)20-3-2-14-31-20)27-16-17-4-9-21(26-15-17)32-19-7-5-18(24)6-8-19;/h2-9,14-15H,10-13,16H2,1H3,(H,25,27);1H. The molecule has 4 rings (SSSR count). The number of furan rings is 1. The van der Waals surface area contributed by atoms with Crippen LogP contribution in [0.25, 0.3) is 0 Å². The highest BCUT2D eigenvalue weighted by Gasteiger charge is 2.25. The fourth-order valence-corrected chi connectivity index (χ4v) is 3.39. The van der Waals surface area contributed by atoms with Gasteiger partial charge in [0, 0.05) is 52.0 Å². The number of hydrogen-bond acceptors (Lipinski definition) is 5. The summed E-state index contributed by atoms with van der Waals surface area (Å²) < 4.78 is 23.8. The lowest BCUT2D eigenvalue weighted by Crippen LogP contribution is -2.53. The number of ether oxygens (including phenoxy) is 1. The molecule has 0 spiro atoms. The Morgan fingerprint density at radius 2 is 1.85 bits per heavy atom. The summed E-state index contributed by atoms with van der Waals surface area (Å²) in [6, 6.07) is 12.9. The quantitative estimate of drug-likeness (QED) is 0.288. The molecule has 1 saturated heterocycles. The zero-order valence-electron chi connectivity index (χ0n) is 18.1. The fourth-order valence-electron chi connectivity index (χ4n) is 3.39. The second-order valence-corrected chi connectivity index (χ2v) is 7.22. The second-order valence-electron chi connectivity index (χ2n) is 7.22. The molecule has 2 aromatic heterocycles. The third-order valence-corrected chi connectivity index (χ3v) is 5.09. The van der Waals surface area contributed by atoms with Gasteiger partial charge in [0.1, 0.15) is 11.6 Å². The number of halogens is 2. The predicted octanol–water partition coefficient (Wildman–Crippen LogP) is 3.76. The minimum Gasteiger partial charge on any atom is -0.459 e. The number of pyridine rings is 1. The highest BCUT2D eigenvalue weighted by Crippen LogP contribution is 2.19. The van der Waals surface area contributed by atoms with Gasteiger partial charge < -0.3 is 24.3 Å². The molecular formula is C23H25FIN5O3. The first-order valence-corrected chi connectivity index (χ1v) is 10.3. The summed E-state index contributed by atoms with van der Waals surface area (Å²) >= 11 is 0. The van der Waals surface area contributed by atoms with E-state index in [-0.39, 0.29) is 35.7 Å². The van der Waals surface area contributed by atoms with Crippen LogP contribution in [0.4, 0.5) is 4.39 Å². The Morgan fingerprint density at radius 1 is 1.12 bits per heavy atom. The zero-order chi connectivity index (χ0) is 22.3. The highest BCUT2D eigenvalue weighted by atomic mass is 127. The van der Waals surface area contributed by atoms with Crippen molar-refractivity contribution in [3.8, 4) is 11.6 Å². The number of amides is 1. The Hall–Kier alpha value is -3.15. The third kappa shape index (κ3) is 6.44. The number of nitrogens with one attached hydrogen (secondary N) is 1. The zero-order valence-corrected chi connectivity index (χ0v) is 20.4. The van der Waals surface area contributed by atoms with Crippen LogP contribution in [0.2, 0.25) is 0 Å². The van der Waals surface area contributed by atoms with Gasteiger partial charge in [-0.05, 0) is 42.0 Å². The molecule has 3 heterocycles. The summed E-state index contributed by atoms with van der Waals surface area (Å²) in [4.78, 5) is 25.0. The Labute approximate surface area is 208 Å². The molecule has 1 aliphatic heterocycles. The van der Waals surface area contributed by atoms with E-state index in [2.05, 4.69) is 20.2 Å². The lowest BCUT2D eigenvalue weighted by atomic mass is 10.2.